The predicted octanol–water partition coefficient (Wildman–Crippen LogP) is 2.72. The van der Waals surface area contributed by atoms with Gasteiger partial charge in [0.25, 0.3) is 5.91 Å². The van der Waals surface area contributed by atoms with Crippen LogP contribution in [0.1, 0.15) is 72.1 Å². The Morgan fingerprint density at radius 2 is 1.50 bits per heavy atom. The van der Waals surface area contributed by atoms with Crippen LogP contribution in [-0.2, 0) is 19.1 Å². The molecular formula is C18H33NO5. The van der Waals surface area contributed by atoms with Crippen LogP contribution < -0.4 is 5.32 Å². The summed E-state index contributed by atoms with van der Waals surface area (Å²) in [5.41, 5.74) is 0.293. The molecule has 0 unspecified atom stereocenters. The molecule has 140 valence electrons. The number of amides is 1. The van der Waals surface area contributed by atoms with Gasteiger partial charge in [-0.05, 0) is 33.1 Å². The first-order valence-electron chi connectivity index (χ1n) is 8.98. The Morgan fingerprint density at radius 3 is 1.92 bits per heavy atom. The van der Waals surface area contributed by atoms with Crippen molar-refractivity contribution >= 4 is 11.8 Å². The minimum Gasteiger partial charge on any atom is -0.396 e. The van der Waals surface area contributed by atoms with Crippen LogP contribution in [0.4, 0.5) is 0 Å². The second kappa shape index (κ2) is 14.2. The summed E-state index contributed by atoms with van der Waals surface area (Å²) in [6, 6.07) is 0. The van der Waals surface area contributed by atoms with E-state index in [4.69, 9.17) is 14.6 Å². The van der Waals surface area contributed by atoms with Gasteiger partial charge in [-0.25, -0.2) is 4.79 Å². The van der Waals surface area contributed by atoms with Crippen LogP contribution in [-0.4, -0.2) is 42.7 Å². The lowest BCUT2D eigenvalue weighted by Crippen LogP contribution is -2.54. The summed E-state index contributed by atoms with van der Waals surface area (Å²) in [7, 11) is 0. The summed E-state index contributed by atoms with van der Waals surface area (Å²) in [5.74, 6) is 0.0837. The van der Waals surface area contributed by atoms with Gasteiger partial charge in [0.2, 0.25) is 5.91 Å². The van der Waals surface area contributed by atoms with Crippen molar-refractivity contribution < 1.29 is 24.2 Å². The molecule has 0 atom stereocenters. The molecule has 0 bridgehead atoms. The molecule has 0 aromatic rings. The van der Waals surface area contributed by atoms with E-state index in [1.165, 1.54) is 6.92 Å². The summed E-state index contributed by atoms with van der Waals surface area (Å²) in [6.45, 7) is 5.79. The molecule has 0 aromatic heterocycles. The third-order valence-electron chi connectivity index (χ3n) is 3.64. The number of hydrogen-bond acceptors (Lipinski definition) is 5. The van der Waals surface area contributed by atoms with Gasteiger partial charge in [0.15, 0.2) is 0 Å². The highest BCUT2D eigenvalue weighted by atomic mass is 16.7. The first-order valence-corrected chi connectivity index (χ1v) is 8.98. The molecule has 0 aliphatic carbocycles. The van der Waals surface area contributed by atoms with E-state index in [1.807, 2.05) is 5.94 Å². The summed E-state index contributed by atoms with van der Waals surface area (Å²) >= 11 is 0. The quantitative estimate of drug-likeness (QED) is 0.271. The van der Waals surface area contributed by atoms with Gasteiger partial charge < -0.3 is 19.9 Å². The van der Waals surface area contributed by atoms with Crippen molar-refractivity contribution in [2.45, 2.75) is 78.0 Å². The SMILES string of the molecule is CCOC(NC(C)=O)(OCC)C(=C=O)CCCCCCCCCO. The number of ether oxygens (including phenoxy) is 2. The highest BCUT2D eigenvalue weighted by Crippen LogP contribution is 2.24. The molecule has 1 amide bonds. The van der Waals surface area contributed by atoms with Gasteiger partial charge >= 0.3 is 0 Å². The van der Waals surface area contributed by atoms with Crippen LogP contribution >= 0.6 is 0 Å². The number of carbonyl (C=O) groups excluding carboxylic acids is 2. The fraction of sp³-hybridized carbons (Fsp3) is 0.833. The van der Waals surface area contributed by atoms with Crippen LogP contribution in [0.25, 0.3) is 0 Å². The Labute approximate surface area is 145 Å². The zero-order valence-electron chi connectivity index (χ0n) is 15.4. The van der Waals surface area contributed by atoms with Gasteiger partial charge in [-0.2, -0.15) is 0 Å². The van der Waals surface area contributed by atoms with Crippen molar-refractivity contribution in [3.63, 3.8) is 0 Å². The minimum absolute atomic E-state index is 0.258. The van der Waals surface area contributed by atoms with E-state index >= 15 is 0 Å². The maximum absolute atomic E-state index is 11.5. The maximum Gasteiger partial charge on any atom is 0.286 e. The second-order valence-electron chi connectivity index (χ2n) is 5.69. The number of rotatable bonds is 15. The molecule has 0 aliphatic heterocycles. The van der Waals surface area contributed by atoms with E-state index in [-0.39, 0.29) is 12.5 Å². The summed E-state index contributed by atoms with van der Waals surface area (Å²) in [5, 5.41) is 11.3. The lowest BCUT2D eigenvalue weighted by molar-refractivity contribution is -0.225. The lowest BCUT2D eigenvalue weighted by atomic mass is 10.0. The van der Waals surface area contributed by atoms with Crippen molar-refractivity contribution in [2.24, 2.45) is 0 Å². The van der Waals surface area contributed by atoms with Crippen molar-refractivity contribution in [1.82, 2.24) is 5.32 Å². The van der Waals surface area contributed by atoms with Gasteiger partial charge in [0, 0.05) is 26.7 Å². The molecule has 6 heteroatoms. The summed E-state index contributed by atoms with van der Waals surface area (Å²) in [4.78, 5) is 22.9. The molecule has 0 heterocycles. The highest BCUT2D eigenvalue weighted by molar-refractivity contribution is 5.74. The molecule has 0 aromatic carbocycles. The predicted molar refractivity (Wildman–Crippen MR) is 93.0 cm³/mol. The van der Waals surface area contributed by atoms with E-state index < -0.39 is 5.91 Å². The van der Waals surface area contributed by atoms with Crippen LogP contribution in [0.2, 0.25) is 0 Å². The number of aliphatic hydroxyl groups excluding tert-OH is 1. The Balaban J connectivity index is 4.52. The molecule has 0 saturated heterocycles. The Bertz CT molecular complexity index is 385. The molecule has 0 fully saturated rings. The Kier molecular flexibility index (Phi) is 13.5. The Morgan fingerprint density at radius 1 is 1.00 bits per heavy atom. The van der Waals surface area contributed by atoms with Crippen LogP contribution in [0, 0.1) is 0 Å². The monoisotopic (exact) mass is 343 g/mol. The fourth-order valence-corrected chi connectivity index (χ4v) is 2.58. The van der Waals surface area contributed by atoms with Gasteiger partial charge in [0.05, 0.1) is 5.57 Å². The number of aliphatic hydroxyl groups is 1. The van der Waals surface area contributed by atoms with Gasteiger partial charge in [-0.3, -0.25) is 4.79 Å². The third-order valence-corrected chi connectivity index (χ3v) is 3.64. The topological polar surface area (TPSA) is 84.9 Å². The van der Waals surface area contributed by atoms with Crippen molar-refractivity contribution in [2.75, 3.05) is 19.8 Å². The molecule has 24 heavy (non-hydrogen) atoms. The van der Waals surface area contributed by atoms with Crippen molar-refractivity contribution in [1.29, 1.82) is 0 Å². The maximum atomic E-state index is 11.5. The minimum atomic E-state index is -1.50. The van der Waals surface area contributed by atoms with Crippen molar-refractivity contribution in [3.05, 3.63) is 5.57 Å². The Hall–Kier alpha value is -1.20. The second-order valence-corrected chi connectivity index (χ2v) is 5.69. The van der Waals surface area contributed by atoms with E-state index in [0.717, 1.165) is 44.9 Å². The summed E-state index contributed by atoms with van der Waals surface area (Å²) in [6.07, 6.45) is 7.49. The first-order chi connectivity index (χ1) is 11.6. The molecule has 0 aliphatic rings. The molecule has 0 rings (SSSR count). The molecule has 0 radical (unpaired) electrons. The molecule has 2 N–H and O–H groups in total. The fourth-order valence-electron chi connectivity index (χ4n) is 2.58. The molecule has 6 nitrogen and oxygen atoms in total. The van der Waals surface area contributed by atoms with Crippen LogP contribution in [0.15, 0.2) is 5.57 Å². The van der Waals surface area contributed by atoms with Gasteiger partial charge in [-0.15, -0.1) is 0 Å². The van der Waals surface area contributed by atoms with Gasteiger partial charge in [-0.1, -0.05) is 32.1 Å². The number of nitrogens with one attached hydrogen (secondary N) is 1. The zero-order valence-corrected chi connectivity index (χ0v) is 15.4. The van der Waals surface area contributed by atoms with Crippen LogP contribution in [0.3, 0.4) is 0 Å². The number of hydrogen-bond donors (Lipinski definition) is 2. The zero-order chi connectivity index (χ0) is 18.3. The van der Waals surface area contributed by atoms with E-state index in [0.29, 0.717) is 25.2 Å². The van der Waals surface area contributed by atoms with E-state index in [9.17, 15) is 9.59 Å². The molecular weight excluding hydrogens is 310 g/mol. The largest absolute Gasteiger partial charge is 0.396 e. The van der Waals surface area contributed by atoms with Crippen LogP contribution in [0.5, 0.6) is 0 Å². The lowest BCUT2D eigenvalue weighted by Gasteiger charge is -2.33. The van der Waals surface area contributed by atoms with Crippen molar-refractivity contribution in [3.8, 4) is 0 Å². The van der Waals surface area contributed by atoms with E-state index in [1.54, 1.807) is 13.8 Å². The van der Waals surface area contributed by atoms with E-state index in [2.05, 4.69) is 5.32 Å². The first kappa shape index (κ1) is 22.8. The summed E-state index contributed by atoms with van der Waals surface area (Å²) < 4.78 is 11.2. The third kappa shape index (κ3) is 9.18. The number of carbonyl (C=O) groups is 1. The average molecular weight is 343 g/mol. The molecule has 0 spiro atoms. The van der Waals surface area contributed by atoms with Gasteiger partial charge in [0.1, 0.15) is 5.94 Å². The normalized spacial score (nSPS) is 11.2. The smallest absolute Gasteiger partial charge is 0.286 e. The standard InChI is InChI=1S/C18H33NO5/c1-4-23-18(24-5-2,19-16(3)22)17(15-21)13-11-9-7-6-8-10-12-14-20/h20H,4-14H2,1-3H3,(H,19,22). The highest BCUT2D eigenvalue weighted by Gasteiger charge is 2.38. The average Bonchev–Trinajstić information content (AvgIpc) is 2.53. The molecule has 0 saturated carbocycles. The number of unbranched alkanes of at least 4 members (excludes halogenated alkanes) is 6.